The number of anilines is 1. The number of likely N-dealkylation sites (tertiary alicyclic amines) is 1. The first-order valence-corrected chi connectivity index (χ1v) is 6.86. The minimum atomic E-state index is 0.137. The van der Waals surface area contributed by atoms with Crippen LogP contribution >= 0.6 is 0 Å². The number of aryl methyl sites for hydroxylation is 2. The number of rotatable bonds is 4. The normalized spacial score (nSPS) is 15.9. The Balaban J connectivity index is 1.80. The van der Waals surface area contributed by atoms with Crippen LogP contribution in [0.1, 0.15) is 30.4 Å². The molecule has 0 aromatic heterocycles. The van der Waals surface area contributed by atoms with Crippen molar-refractivity contribution in [2.24, 2.45) is 0 Å². The zero-order chi connectivity index (χ0) is 13.0. The molecule has 1 amide bonds. The zero-order valence-corrected chi connectivity index (χ0v) is 11.4. The number of hydrogen-bond acceptors (Lipinski definition) is 1. The van der Waals surface area contributed by atoms with E-state index in [1.165, 1.54) is 37.1 Å². The second-order valence-electron chi connectivity index (χ2n) is 5.30. The lowest BCUT2D eigenvalue weighted by Gasteiger charge is -2.12. The molecule has 0 bridgehead atoms. The molecule has 2 N–H and O–H groups in total. The molecule has 1 aliphatic heterocycles. The van der Waals surface area contributed by atoms with Crippen molar-refractivity contribution in [2.45, 2.75) is 33.1 Å². The molecule has 1 aromatic carbocycles. The van der Waals surface area contributed by atoms with Gasteiger partial charge in [0.15, 0.2) is 0 Å². The number of nitrogens with one attached hydrogen (secondary N) is 2. The minimum Gasteiger partial charge on any atom is -0.334 e. The van der Waals surface area contributed by atoms with Crippen molar-refractivity contribution < 1.29 is 9.69 Å². The van der Waals surface area contributed by atoms with E-state index in [1.54, 1.807) is 4.90 Å². The summed E-state index contributed by atoms with van der Waals surface area (Å²) >= 11 is 0. The molecule has 1 aromatic rings. The Morgan fingerprint density at radius 3 is 2.61 bits per heavy atom. The van der Waals surface area contributed by atoms with Gasteiger partial charge in [-0.2, -0.15) is 0 Å². The fourth-order valence-electron chi connectivity index (χ4n) is 2.46. The largest absolute Gasteiger partial charge is 0.334 e. The summed E-state index contributed by atoms with van der Waals surface area (Å²) in [5, 5.41) is 2.98. The Morgan fingerprint density at radius 1 is 1.22 bits per heavy atom. The molecule has 1 aliphatic rings. The monoisotopic (exact) mass is 247 g/mol. The van der Waals surface area contributed by atoms with Crippen LogP contribution in [0.25, 0.3) is 0 Å². The highest BCUT2D eigenvalue weighted by Crippen LogP contribution is 2.14. The Bertz CT molecular complexity index is 423. The van der Waals surface area contributed by atoms with E-state index in [4.69, 9.17) is 0 Å². The lowest BCUT2D eigenvalue weighted by Crippen LogP contribution is -3.10. The quantitative estimate of drug-likeness (QED) is 0.826. The molecule has 3 nitrogen and oxygen atoms in total. The number of quaternary nitrogens is 1. The van der Waals surface area contributed by atoms with Crippen LogP contribution in [0.2, 0.25) is 0 Å². The number of hydrogen-bond donors (Lipinski definition) is 2. The van der Waals surface area contributed by atoms with Crippen LogP contribution in [0.5, 0.6) is 0 Å². The van der Waals surface area contributed by atoms with Crippen molar-refractivity contribution in [3.8, 4) is 0 Å². The molecule has 98 valence electrons. The topological polar surface area (TPSA) is 33.5 Å². The molecular weight excluding hydrogens is 224 g/mol. The molecule has 3 heteroatoms. The van der Waals surface area contributed by atoms with Gasteiger partial charge in [-0.25, -0.2) is 0 Å². The molecule has 0 spiro atoms. The maximum atomic E-state index is 11.8. The van der Waals surface area contributed by atoms with Gasteiger partial charge in [0.25, 0.3) is 0 Å². The molecule has 2 rings (SSSR count). The van der Waals surface area contributed by atoms with Gasteiger partial charge < -0.3 is 10.2 Å². The van der Waals surface area contributed by atoms with Gasteiger partial charge in [-0.05, 0) is 37.1 Å². The third-order valence-corrected chi connectivity index (χ3v) is 3.81. The highest BCUT2D eigenvalue weighted by atomic mass is 16.1. The summed E-state index contributed by atoms with van der Waals surface area (Å²) < 4.78 is 0. The molecule has 0 atom stereocenters. The second kappa shape index (κ2) is 6.01. The summed E-state index contributed by atoms with van der Waals surface area (Å²) in [6.45, 7) is 7.58. The number of carbonyl (C=O) groups excluding carboxylic acids is 1. The third-order valence-electron chi connectivity index (χ3n) is 3.81. The van der Waals surface area contributed by atoms with Crippen LogP contribution in [0.3, 0.4) is 0 Å². The van der Waals surface area contributed by atoms with Crippen LogP contribution in [-0.2, 0) is 4.79 Å². The van der Waals surface area contributed by atoms with Crippen LogP contribution in [-0.4, -0.2) is 25.5 Å². The van der Waals surface area contributed by atoms with E-state index in [1.807, 2.05) is 12.1 Å². The maximum Gasteiger partial charge on any atom is 0.230 e. The van der Waals surface area contributed by atoms with E-state index >= 15 is 0 Å². The first-order chi connectivity index (χ1) is 8.65. The SMILES string of the molecule is Cc1ccc(NC(=O)CC[NH+]2CCCC2)cc1C. The molecule has 0 radical (unpaired) electrons. The summed E-state index contributed by atoms with van der Waals surface area (Å²) in [4.78, 5) is 13.4. The molecule has 1 saturated heterocycles. The van der Waals surface area contributed by atoms with Gasteiger partial charge in [-0.3, -0.25) is 4.79 Å². The van der Waals surface area contributed by atoms with Crippen molar-refractivity contribution in [3.05, 3.63) is 29.3 Å². The number of benzene rings is 1. The number of carbonyl (C=O) groups is 1. The highest BCUT2D eigenvalue weighted by molar-refractivity contribution is 5.90. The van der Waals surface area contributed by atoms with Gasteiger partial charge in [0.05, 0.1) is 26.1 Å². The Hall–Kier alpha value is -1.35. The average molecular weight is 247 g/mol. The van der Waals surface area contributed by atoms with Crippen LogP contribution in [0, 0.1) is 13.8 Å². The van der Waals surface area contributed by atoms with Gasteiger partial charge in [0, 0.05) is 18.5 Å². The molecular formula is C15H23N2O+. The van der Waals surface area contributed by atoms with Crippen molar-refractivity contribution >= 4 is 11.6 Å². The number of amides is 1. The summed E-state index contributed by atoms with van der Waals surface area (Å²) in [5.41, 5.74) is 3.40. The second-order valence-corrected chi connectivity index (χ2v) is 5.30. The lowest BCUT2D eigenvalue weighted by atomic mass is 10.1. The van der Waals surface area contributed by atoms with Crippen LogP contribution in [0.15, 0.2) is 18.2 Å². The van der Waals surface area contributed by atoms with E-state index in [-0.39, 0.29) is 5.91 Å². The van der Waals surface area contributed by atoms with E-state index in [2.05, 4.69) is 25.2 Å². The summed E-state index contributed by atoms with van der Waals surface area (Å²) in [6, 6.07) is 6.07. The fraction of sp³-hybridized carbons (Fsp3) is 0.533. The lowest BCUT2D eigenvalue weighted by molar-refractivity contribution is -0.886. The van der Waals surface area contributed by atoms with E-state index in [9.17, 15) is 4.79 Å². The highest BCUT2D eigenvalue weighted by Gasteiger charge is 2.16. The van der Waals surface area contributed by atoms with Gasteiger partial charge >= 0.3 is 0 Å². The predicted molar refractivity (Wildman–Crippen MR) is 74.0 cm³/mol. The molecule has 0 aliphatic carbocycles. The Morgan fingerprint density at radius 2 is 1.94 bits per heavy atom. The van der Waals surface area contributed by atoms with Crippen molar-refractivity contribution in [1.29, 1.82) is 0 Å². The smallest absolute Gasteiger partial charge is 0.230 e. The molecule has 0 unspecified atom stereocenters. The maximum absolute atomic E-state index is 11.8. The fourth-order valence-corrected chi connectivity index (χ4v) is 2.46. The van der Waals surface area contributed by atoms with E-state index < -0.39 is 0 Å². The van der Waals surface area contributed by atoms with Gasteiger partial charge in [-0.15, -0.1) is 0 Å². The van der Waals surface area contributed by atoms with Crippen molar-refractivity contribution in [1.82, 2.24) is 0 Å². The predicted octanol–water partition coefficient (Wildman–Crippen LogP) is 1.31. The third kappa shape index (κ3) is 3.57. The molecule has 1 fully saturated rings. The minimum absolute atomic E-state index is 0.137. The molecule has 0 saturated carbocycles. The first kappa shape index (κ1) is 13.1. The first-order valence-electron chi connectivity index (χ1n) is 6.86. The van der Waals surface area contributed by atoms with Gasteiger partial charge in [0.2, 0.25) is 5.91 Å². The van der Waals surface area contributed by atoms with Crippen LogP contribution in [0.4, 0.5) is 5.69 Å². The van der Waals surface area contributed by atoms with E-state index in [0.29, 0.717) is 6.42 Å². The van der Waals surface area contributed by atoms with Gasteiger partial charge in [-0.1, -0.05) is 6.07 Å². The zero-order valence-electron chi connectivity index (χ0n) is 11.4. The van der Waals surface area contributed by atoms with Crippen LogP contribution < -0.4 is 10.2 Å². The molecule has 1 heterocycles. The van der Waals surface area contributed by atoms with Gasteiger partial charge in [0.1, 0.15) is 0 Å². The summed E-state index contributed by atoms with van der Waals surface area (Å²) in [5.74, 6) is 0.137. The summed E-state index contributed by atoms with van der Waals surface area (Å²) in [7, 11) is 0. The van der Waals surface area contributed by atoms with Crippen molar-refractivity contribution in [2.75, 3.05) is 25.0 Å². The Labute approximate surface area is 109 Å². The standard InChI is InChI=1S/C15H22N2O/c1-12-5-6-14(11-13(12)2)16-15(18)7-10-17-8-3-4-9-17/h5-6,11H,3-4,7-10H2,1-2H3,(H,16,18)/p+1. The summed E-state index contributed by atoms with van der Waals surface area (Å²) in [6.07, 6.45) is 3.25. The average Bonchev–Trinajstić information content (AvgIpc) is 2.84. The van der Waals surface area contributed by atoms with E-state index in [0.717, 1.165) is 12.2 Å². The Kier molecular flexibility index (Phi) is 4.37. The molecule has 18 heavy (non-hydrogen) atoms. The van der Waals surface area contributed by atoms with Crippen molar-refractivity contribution in [3.63, 3.8) is 0 Å².